The van der Waals surface area contributed by atoms with Crippen LogP contribution in [-0.2, 0) is 14.3 Å². The number of carboxylic acid groups (broad SMARTS) is 1. The first kappa shape index (κ1) is 11.5. The quantitative estimate of drug-likeness (QED) is 0.821. The van der Waals surface area contributed by atoms with Gasteiger partial charge in [0.05, 0.1) is 24.0 Å². The average molecular weight is 269 g/mol. The lowest BCUT2D eigenvalue weighted by Gasteiger charge is -2.23. The van der Waals surface area contributed by atoms with Crippen molar-refractivity contribution in [3.63, 3.8) is 0 Å². The van der Waals surface area contributed by atoms with Crippen LogP contribution >= 0.6 is 11.3 Å². The highest BCUT2D eigenvalue weighted by molar-refractivity contribution is 7.13. The number of anilines is 1. The van der Waals surface area contributed by atoms with Crippen molar-refractivity contribution in [1.82, 2.24) is 10.2 Å². The summed E-state index contributed by atoms with van der Waals surface area (Å²) < 4.78 is 5.52. The highest BCUT2D eigenvalue weighted by atomic mass is 32.1. The number of fused-ring (bicyclic) bond motifs is 2. The molecule has 3 heterocycles. The van der Waals surface area contributed by atoms with Crippen molar-refractivity contribution in [2.45, 2.75) is 25.0 Å². The van der Waals surface area contributed by atoms with Crippen LogP contribution in [0.2, 0.25) is 0 Å². The zero-order valence-electron chi connectivity index (χ0n) is 9.28. The van der Waals surface area contributed by atoms with Gasteiger partial charge in [-0.15, -0.1) is 10.2 Å². The Morgan fingerprint density at radius 2 is 2.11 bits per heavy atom. The first-order valence-electron chi connectivity index (χ1n) is 5.62. The van der Waals surface area contributed by atoms with Gasteiger partial charge in [-0.05, 0) is 12.8 Å². The van der Waals surface area contributed by atoms with E-state index < -0.39 is 17.8 Å². The zero-order valence-corrected chi connectivity index (χ0v) is 10.1. The molecule has 2 N–H and O–H groups in total. The second-order valence-corrected chi connectivity index (χ2v) is 5.25. The molecule has 2 aliphatic heterocycles. The van der Waals surface area contributed by atoms with Gasteiger partial charge in [-0.2, -0.15) is 0 Å². The van der Waals surface area contributed by atoms with E-state index in [9.17, 15) is 14.7 Å². The van der Waals surface area contributed by atoms with Crippen molar-refractivity contribution in [3.05, 3.63) is 5.51 Å². The molecule has 1 aromatic rings. The number of hydrogen-bond acceptors (Lipinski definition) is 6. The van der Waals surface area contributed by atoms with Crippen molar-refractivity contribution in [1.29, 1.82) is 0 Å². The summed E-state index contributed by atoms with van der Waals surface area (Å²) in [5, 5.41) is 19.5. The summed E-state index contributed by atoms with van der Waals surface area (Å²) in [7, 11) is 0. The summed E-state index contributed by atoms with van der Waals surface area (Å²) >= 11 is 1.20. The first-order valence-corrected chi connectivity index (χ1v) is 6.50. The van der Waals surface area contributed by atoms with E-state index in [1.165, 1.54) is 16.8 Å². The fraction of sp³-hybridized carbons (Fsp3) is 0.600. The van der Waals surface area contributed by atoms with E-state index in [0.717, 1.165) is 6.42 Å². The Balaban J connectivity index is 1.78. The fourth-order valence-electron chi connectivity index (χ4n) is 2.74. The lowest BCUT2D eigenvalue weighted by atomic mass is 9.79. The van der Waals surface area contributed by atoms with E-state index in [2.05, 4.69) is 15.5 Å². The number of carbonyl (C=O) groups is 2. The highest BCUT2D eigenvalue weighted by Gasteiger charge is 2.55. The van der Waals surface area contributed by atoms with Gasteiger partial charge in [0.1, 0.15) is 5.51 Å². The van der Waals surface area contributed by atoms with Gasteiger partial charge in [0.15, 0.2) is 0 Å². The van der Waals surface area contributed by atoms with E-state index in [1.54, 1.807) is 0 Å². The molecule has 2 fully saturated rings. The van der Waals surface area contributed by atoms with Crippen LogP contribution in [0.3, 0.4) is 0 Å². The van der Waals surface area contributed by atoms with E-state index in [-0.39, 0.29) is 18.1 Å². The van der Waals surface area contributed by atoms with Gasteiger partial charge in [0, 0.05) is 0 Å². The molecular formula is C10H11N3O4S. The molecule has 0 aromatic carbocycles. The number of nitrogens with zero attached hydrogens (tertiary/aromatic N) is 2. The molecule has 8 heteroatoms. The molecule has 1 amide bonds. The van der Waals surface area contributed by atoms with E-state index in [1.807, 2.05) is 0 Å². The fourth-order valence-corrected chi connectivity index (χ4v) is 3.19. The largest absolute Gasteiger partial charge is 0.481 e. The second kappa shape index (κ2) is 4.29. The van der Waals surface area contributed by atoms with E-state index in [0.29, 0.717) is 11.6 Å². The Kier molecular flexibility index (Phi) is 2.75. The van der Waals surface area contributed by atoms with Crippen molar-refractivity contribution < 1.29 is 19.4 Å². The molecule has 0 aliphatic carbocycles. The first-order chi connectivity index (χ1) is 8.66. The molecule has 2 bridgehead atoms. The Hall–Kier alpha value is -1.54. The molecule has 96 valence electrons. The van der Waals surface area contributed by atoms with Crippen LogP contribution < -0.4 is 5.32 Å². The minimum atomic E-state index is -0.973. The molecule has 0 saturated carbocycles. The maximum Gasteiger partial charge on any atom is 0.310 e. The topological polar surface area (TPSA) is 101 Å². The average Bonchev–Trinajstić information content (AvgIpc) is 3.03. The number of carbonyl (C=O) groups excluding carboxylic acids is 1. The minimum absolute atomic E-state index is 0.288. The van der Waals surface area contributed by atoms with Gasteiger partial charge >= 0.3 is 5.97 Å². The maximum absolute atomic E-state index is 12.1. The molecule has 18 heavy (non-hydrogen) atoms. The van der Waals surface area contributed by atoms with Gasteiger partial charge in [-0.3, -0.25) is 9.59 Å². The van der Waals surface area contributed by atoms with Crippen LogP contribution in [0.25, 0.3) is 0 Å². The number of ether oxygens (including phenoxy) is 1. The van der Waals surface area contributed by atoms with Crippen LogP contribution in [0.15, 0.2) is 5.51 Å². The standard InChI is InChI=1S/C10H11N3O4S/c14-8(12-10-13-11-3-18-10)6-4-1-2-5(17-4)7(6)9(15)16/h3-7H,1-2H2,(H,15,16)(H,12,13,14)/t4-,5-,6-,7+/m1/s1. The molecule has 4 atom stereocenters. The smallest absolute Gasteiger partial charge is 0.310 e. The van der Waals surface area contributed by atoms with Crippen LogP contribution in [0, 0.1) is 11.8 Å². The third kappa shape index (κ3) is 1.77. The number of aliphatic carboxylic acids is 1. The molecule has 7 nitrogen and oxygen atoms in total. The van der Waals surface area contributed by atoms with Crippen LogP contribution in [0.1, 0.15) is 12.8 Å². The summed E-state index contributed by atoms with van der Waals surface area (Å²) in [5.41, 5.74) is 1.50. The summed E-state index contributed by atoms with van der Waals surface area (Å²) in [6, 6.07) is 0. The monoisotopic (exact) mass is 269 g/mol. The molecule has 1 aromatic heterocycles. The maximum atomic E-state index is 12.1. The van der Waals surface area contributed by atoms with Crippen molar-refractivity contribution in [2.24, 2.45) is 11.8 Å². The minimum Gasteiger partial charge on any atom is -0.481 e. The summed E-state index contributed by atoms with van der Waals surface area (Å²) in [6.45, 7) is 0. The molecule has 2 saturated heterocycles. The van der Waals surface area contributed by atoms with Gasteiger partial charge in [-0.25, -0.2) is 0 Å². The molecule has 0 unspecified atom stereocenters. The van der Waals surface area contributed by atoms with Gasteiger partial charge in [-0.1, -0.05) is 11.3 Å². The van der Waals surface area contributed by atoms with Crippen molar-refractivity contribution >= 4 is 28.3 Å². The normalized spacial score (nSPS) is 33.6. The van der Waals surface area contributed by atoms with Crippen LogP contribution in [0.4, 0.5) is 5.13 Å². The van der Waals surface area contributed by atoms with Crippen molar-refractivity contribution in [3.8, 4) is 0 Å². The van der Waals surface area contributed by atoms with Crippen LogP contribution in [-0.4, -0.2) is 39.4 Å². The molecule has 2 aliphatic rings. The highest BCUT2D eigenvalue weighted by Crippen LogP contribution is 2.44. The third-order valence-corrected chi connectivity index (χ3v) is 4.06. The predicted molar refractivity (Wildman–Crippen MR) is 61.0 cm³/mol. The number of nitrogens with one attached hydrogen (secondary N) is 1. The molecule has 0 spiro atoms. The van der Waals surface area contributed by atoms with Crippen molar-refractivity contribution in [2.75, 3.05) is 5.32 Å². The Morgan fingerprint density at radius 1 is 1.39 bits per heavy atom. The molecule has 0 radical (unpaired) electrons. The number of amides is 1. The van der Waals surface area contributed by atoms with Gasteiger partial charge in [0.2, 0.25) is 11.0 Å². The predicted octanol–water partition coefficient (Wildman–Crippen LogP) is 0.355. The van der Waals surface area contributed by atoms with Gasteiger partial charge in [0.25, 0.3) is 0 Å². The zero-order chi connectivity index (χ0) is 12.7. The second-order valence-electron chi connectivity index (χ2n) is 4.41. The SMILES string of the molecule is O=C(O)[C@@H]1[C@H](C(=O)Nc2nncs2)[C@H]2CC[C@H]1O2. The Morgan fingerprint density at radius 3 is 2.72 bits per heavy atom. The van der Waals surface area contributed by atoms with E-state index >= 15 is 0 Å². The van der Waals surface area contributed by atoms with E-state index in [4.69, 9.17) is 4.74 Å². The third-order valence-electron chi connectivity index (χ3n) is 3.45. The molecule has 3 rings (SSSR count). The Labute approximate surface area is 106 Å². The lowest BCUT2D eigenvalue weighted by molar-refractivity contribution is -0.147. The summed E-state index contributed by atoms with van der Waals surface area (Å²) in [6.07, 6.45) is 0.828. The summed E-state index contributed by atoms with van der Waals surface area (Å²) in [4.78, 5) is 23.3. The molecular weight excluding hydrogens is 258 g/mol. The van der Waals surface area contributed by atoms with Crippen LogP contribution in [0.5, 0.6) is 0 Å². The van der Waals surface area contributed by atoms with Gasteiger partial charge < -0.3 is 15.2 Å². The summed E-state index contributed by atoms with van der Waals surface area (Å²) in [5.74, 6) is -2.70. The lowest BCUT2D eigenvalue weighted by Crippen LogP contribution is -2.40. The Bertz CT molecular complexity index is 477. The number of carboxylic acids is 1. The number of aromatic nitrogens is 2. The number of hydrogen-bond donors (Lipinski definition) is 2. The number of rotatable bonds is 3.